The SMILES string of the molecule is COc1ccc(CNC(=O)[C@H](C)OC(=O)Cc2ccc3c(c2)CCC3)cc1OC. The topological polar surface area (TPSA) is 73.9 Å². The van der Waals surface area contributed by atoms with Gasteiger partial charge in [-0.1, -0.05) is 24.3 Å². The highest BCUT2D eigenvalue weighted by atomic mass is 16.5. The number of ether oxygens (including phenoxy) is 3. The first-order valence-corrected chi connectivity index (χ1v) is 9.79. The van der Waals surface area contributed by atoms with Gasteiger partial charge in [-0.15, -0.1) is 0 Å². The van der Waals surface area contributed by atoms with Crippen LogP contribution in [-0.4, -0.2) is 32.2 Å². The van der Waals surface area contributed by atoms with Crippen molar-refractivity contribution in [3.63, 3.8) is 0 Å². The molecule has 0 aromatic heterocycles. The first kappa shape index (κ1) is 20.7. The van der Waals surface area contributed by atoms with Crippen LogP contribution >= 0.6 is 0 Å². The van der Waals surface area contributed by atoms with Crippen molar-refractivity contribution in [3.8, 4) is 11.5 Å². The minimum absolute atomic E-state index is 0.167. The average molecular weight is 397 g/mol. The third-order valence-electron chi connectivity index (χ3n) is 5.10. The molecule has 0 saturated carbocycles. The van der Waals surface area contributed by atoms with E-state index in [1.807, 2.05) is 12.1 Å². The molecule has 6 heteroatoms. The number of fused-ring (bicyclic) bond motifs is 1. The lowest BCUT2D eigenvalue weighted by Crippen LogP contribution is -2.35. The molecule has 154 valence electrons. The number of amides is 1. The molecule has 0 bridgehead atoms. The Labute approximate surface area is 171 Å². The van der Waals surface area contributed by atoms with Crippen LogP contribution in [-0.2, 0) is 40.1 Å². The van der Waals surface area contributed by atoms with Gasteiger partial charge in [0.25, 0.3) is 5.91 Å². The first-order chi connectivity index (χ1) is 14.0. The molecule has 6 nitrogen and oxygen atoms in total. The summed E-state index contributed by atoms with van der Waals surface area (Å²) in [6.07, 6.45) is 2.64. The van der Waals surface area contributed by atoms with E-state index in [0.29, 0.717) is 18.0 Å². The number of hydrogen-bond donors (Lipinski definition) is 1. The van der Waals surface area contributed by atoms with Crippen LogP contribution in [0.3, 0.4) is 0 Å². The molecule has 0 fully saturated rings. The summed E-state index contributed by atoms with van der Waals surface area (Å²) in [5, 5.41) is 2.78. The second-order valence-corrected chi connectivity index (χ2v) is 7.17. The summed E-state index contributed by atoms with van der Waals surface area (Å²) < 4.78 is 15.8. The lowest BCUT2D eigenvalue weighted by Gasteiger charge is -2.15. The van der Waals surface area contributed by atoms with Crippen LogP contribution in [0, 0.1) is 0 Å². The number of aryl methyl sites for hydroxylation is 2. The van der Waals surface area contributed by atoms with Crippen LogP contribution in [0.25, 0.3) is 0 Å². The predicted molar refractivity (Wildman–Crippen MR) is 109 cm³/mol. The molecule has 1 aliphatic rings. The Hall–Kier alpha value is -3.02. The Morgan fingerprint density at radius 3 is 2.45 bits per heavy atom. The summed E-state index contributed by atoms with van der Waals surface area (Å²) in [6, 6.07) is 11.5. The van der Waals surface area contributed by atoms with Gasteiger partial charge in [0.15, 0.2) is 17.6 Å². The van der Waals surface area contributed by atoms with Gasteiger partial charge in [0, 0.05) is 6.54 Å². The maximum absolute atomic E-state index is 12.3. The molecule has 1 N–H and O–H groups in total. The maximum atomic E-state index is 12.3. The number of benzene rings is 2. The summed E-state index contributed by atoms with van der Waals surface area (Å²) in [5.74, 6) is 0.461. The number of methoxy groups -OCH3 is 2. The number of carbonyl (C=O) groups is 2. The highest BCUT2D eigenvalue weighted by Gasteiger charge is 2.19. The summed E-state index contributed by atoms with van der Waals surface area (Å²) >= 11 is 0. The second kappa shape index (κ2) is 9.45. The van der Waals surface area contributed by atoms with Crippen molar-refractivity contribution in [2.75, 3.05) is 14.2 Å². The van der Waals surface area contributed by atoms with Gasteiger partial charge in [-0.05, 0) is 60.6 Å². The molecule has 1 aliphatic carbocycles. The van der Waals surface area contributed by atoms with Gasteiger partial charge in [-0.3, -0.25) is 9.59 Å². The maximum Gasteiger partial charge on any atom is 0.311 e. The van der Waals surface area contributed by atoms with Crippen LogP contribution in [0.2, 0.25) is 0 Å². The zero-order chi connectivity index (χ0) is 20.8. The molecule has 2 aromatic rings. The molecule has 3 rings (SSSR count). The molecule has 0 unspecified atom stereocenters. The van der Waals surface area contributed by atoms with E-state index >= 15 is 0 Å². The molecule has 0 heterocycles. The number of hydrogen-bond acceptors (Lipinski definition) is 5. The zero-order valence-corrected chi connectivity index (χ0v) is 17.1. The summed E-state index contributed by atoms with van der Waals surface area (Å²) in [5.41, 5.74) is 4.46. The van der Waals surface area contributed by atoms with Crippen LogP contribution < -0.4 is 14.8 Å². The molecule has 1 atom stereocenters. The third kappa shape index (κ3) is 5.28. The monoisotopic (exact) mass is 397 g/mol. The fraction of sp³-hybridized carbons (Fsp3) is 0.391. The smallest absolute Gasteiger partial charge is 0.311 e. The molecule has 1 amide bonds. The van der Waals surface area contributed by atoms with E-state index in [1.165, 1.54) is 17.5 Å². The Bertz CT molecular complexity index is 893. The molecular weight excluding hydrogens is 370 g/mol. The zero-order valence-electron chi connectivity index (χ0n) is 17.1. The van der Waals surface area contributed by atoms with Crippen molar-refractivity contribution in [2.24, 2.45) is 0 Å². The lowest BCUT2D eigenvalue weighted by molar-refractivity contribution is -0.154. The summed E-state index contributed by atoms with van der Waals surface area (Å²) in [6.45, 7) is 1.87. The second-order valence-electron chi connectivity index (χ2n) is 7.17. The highest BCUT2D eigenvalue weighted by molar-refractivity contribution is 5.83. The molecule has 0 aliphatic heterocycles. The van der Waals surface area contributed by atoms with Crippen molar-refractivity contribution in [1.82, 2.24) is 5.32 Å². The largest absolute Gasteiger partial charge is 0.493 e. The van der Waals surface area contributed by atoms with Crippen molar-refractivity contribution >= 4 is 11.9 Å². The van der Waals surface area contributed by atoms with Gasteiger partial charge in [-0.25, -0.2) is 0 Å². The molecule has 29 heavy (non-hydrogen) atoms. The number of carbonyl (C=O) groups excluding carboxylic acids is 2. The Kier molecular flexibility index (Phi) is 6.75. The molecule has 0 radical (unpaired) electrons. The number of esters is 1. The van der Waals surface area contributed by atoms with E-state index in [4.69, 9.17) is 14.2 Å². The van der Waals surface area contributed by atoms with Crippen molar-refractivity contribution in [1.29, 1.82) is 0 Å². The third-order valence-corrected chi connectivity index (χ3v) is 5.10. The Morgan fingerprint density at radius 1 is 0.966 bits per heavy atom. The van der Waals surface area contributed by atoms with Gasteiger partial charge >= 0.3 is 5.97 Å². The minimum atomic E-state index is -0.864. The van der Waals surface area contributed by atoms with E-state index in [9.17, 15) is 9.59 Å². The van der Waals surface area contributed by atoms with E-state index in [1.54, 1.807) is 33.3 Å². The van der Waals surface area contributed by atoms with Crippen LogP contribution in [0.4, 0.5) is 0 Å². The van der Waals surface area contributed by atoms with Crippen LogP contribution in [0.15, 0.2) is 36.4 Å². The van der Waals surface area contributed by atoms with Crippen molar-refractivity contribution < 1.29 is 23.8 Å². The minimum Gasteiger partial charge on any atom is -0.493 e. The van der Waals surface area contributed by atoms with E-state index < -0.39 is 12.1 Å². The Morgan fingerprint density at radius 2 is 1.69 bits per heavy atom. The van der Waals surface area contributed by atoms with Crippen LogP contribution in [0.5, 0.6) is 11.5 Å². The predicted octanol–water partition coefficient (Wildman–Crippen LogP) is 2.98. The summed E-state index contributed by atoms with van der Waals surface area (Å²) in [7, 11) is 3.13. The van der Waals surface area contributed by atoms with Gasteiger partial charge in [-0.2, -0.15) is 0 Å². The van der Waals surface area contributed by atoms with Gasteiger partial charge < -0.3 is 19.5 Å². The molecule has 2 aromatic carbocycles. The number of rotatable bonds is 8. The van der Waals surface area contributed by atoms with E-state index in [-0.39, 0.29) is 12.3 Å². The van der Waals surface area contributed by atoms with Crippen molar-refractivity contribution in [2.45, 2.75) is 45.3 Å². The Balaban J connectivity index is 1.49. The van der Waals surface area contributed by atoms with Crippen LogP contribution in [0.1, 0.15) is 35.6 Å². The molecule has 0 spiro atoms. The summed E-state index contributed by atoms with van der Waals surface area (Å²) in [4.78, 5) is 24.5. The lowest BCUT2D eigenvalue weighted by atomic mass is 10.0. The fourth-order valence-electron chi connectivity index (χ4n) is 3.52. The highest BCUT2D eigenvalue weighted by Crippen LogP contribution is 2.27. The van der Waals surface area contributed by atoms with Gasteiger partial charge in [0.1, 0.15) is 0 Å². The standard InChI is InChI=1S/C23H27NO5/c1-15(23(26)24-14-17-8-10-20(27-2)21(12-17)28-3)29-22(25)13-16-7-9-18-5-4-6-19(18)11-16/h7-12,15H,4-6,13-14H2,1-3H3,(H,24,26)/t15-/m0/s1. The normalized spacial score (nSPS) is 13.3. The average Bonchev–Trinajstić information content (AvgIpc) is 3.19. The van der Waals surface area contributed by atoms with E-state index in [2.05, 4.69) is 17.4 Å². The molecular formula is C23H27NO5. The quantitative estimate of drug-likeness (QED) is 0.693. The number of nitrogens with one attached hydrogen (secondary N) is 1. The van der Waals surface area contributed by atoms with Gasteiger partial charge in [0.2, 0.25) is 0 Å². The fourth-order valence-corrected chi connectivity index (χ4v) is 3.52. The van der Waals surface area contributed by atoms with E-state index in [0.717, 1.165) is 24.0 Å². The van der Waals surface area contributed by atoms with Gasteiger partial charge in [0.05, 0.1) is 20.6 Å². The molecule has 0 saturated heterocycles. The van der Waals surface area contributed by atoms with Crippen molar-refractivity contribution in [3.05, 3.63) is 58.7 Å². The first-order valence-electron chi connectivity index (χ1n) is 9.79.